The molecule has 0 bridgehead atoms. The number of thioether (sulfide) groups is 1. The minimum absolute atomic E-state index is 0.0590. The number of carbonyl (C=O) groups excluding carboxylic acids is 1. The molecule has 0 aliphatic carbocycles. The van der Waals surface area contributed by atoms with Crippen LogP contribution >= 0.6 is 11.8 Å². The molecule has 2 N–H and O–H groups in total. The van der Waals surface area contributed by atoms with Crippen LogP contribution in [-0.4, -0.2) is 35.0 Å². The highest BCUT2D eigenvalue weighted by molar-refractivity contribution is 8.00. The molecule has 0 fully saturated rings. The SMILES string of the molecule is CC(O)c1ccc2c(c1)N(CCCO)C(=O)CS2. The molecule has 1 aliphatic rings. The molecular weight excluding hydrogens is 250 g/mol. The van der Waals surface area contributed by atoms with E-state index in [1.165, 1.54) is 11.8 Å². The van der Waals surface area contributed by atoms with Gasteiger partial charge in [0.05, 0.1) is 17.5 Å². The highest BCUT2D eigenvalue weighted by Crippen LogP contribution is 2.37. The summed E-state index contributed by atoms with van der Waals surface area (Å²) < 4.78 is 0. The number of carbonyl (C=O) groups is 1. The summed E-state index contributed by atoms with van der Waals surface area (Å²) in [6.45, 7) is 2.30. The molecule has 0 saturated carbocycles. The summed E-state index contributed by atoms with van der Waals surface area (Å²) in [5.74, 6) is 0.496. The first-order valence-corrected chi connectivity index (χ1v) is 6.98. The number of fused-ring (bicyclic) bond motifs is 1. The van der Waals surface area contributed by atoms with Gasteiger partial charge in [-0.2, -0.15) is 0 Å². The van der Waals surface area contributed by atoms with Crippen LogP contribution in [0.4, 0.5) is 5.69 Å². The summed E-state index contributed by atoms with van der Waals surface area (Å²) in [4.78, 5) is 14.7. The lowest BCUT2D eigenvalue weighted by Gasteiger charge is -2.29. The Labute approximate surface area is 111 Å². The molecule has 0 saturated heterocycles. The van der Waals surface area contributed by atoms with Gasteiger partial charge in [0.1, 0.15) is 0 Å². The van der Waals surface area contributed by atoms with E-state index in [0.717, 1.165) is 16.1 Å². The molecule has 1 unspecified atom stereocenters. The van der Waals surface area contributed by atoms with E-state index >= 15 is 0 Å². The fraction of sp³-hybridized carbons (Fsp3) is 0.462. The molecule has 18 heavy (non-hydrogen) atoms. The number of hydrogen-bond donors (Lipinski definition) is 2. The van der Waals surface area contributed by atoms with Crippen molar-refractivity contribution in [1.29, 1.82) is 0 Å². The van der Waals surface area contributed by atoms with Crippen LogP contribution in [0.5, 0.6) is 0 Å². The smallest absolute Gasteiger partial charge is 0.237 e. The van der Waals surface area contributed by atoms with Crippen LogP contribution in [0.1, 0.15) is 25.0 Å². The second-order valence-corrected chi connectivity index (χ2v) is 5.33. The van der Waals surface area contributed by atoms with Crippen LogP contribution in [0.15, 0.2) is 23.1 Å². The van der Waals surface area contributed by atoms with Crippen LogP contribution in [0.2, 0.25) is 0 Å². The number of hydrogen-bond acceptors (Lipinski definition) is 4. The third-order valence-corrected chi connectivity index (χ3v) is 4.00. The monoisotopic (exact) mass is 267 g/mol. The Kier molecular flexibility index (Phi) is 4.27. The predicted molar refractivity (Wildman–Crippen MR) is 71.9 cm³/mol. The molecule has 2 rings (SSSR count). The van der Waals surface area contributed by atoms with Crippen molar-refractivity contribution >= 4 is 23.4 Å². The molecule has 1 aromatic rings. The van der Waals surface area contributed by atoms with Crippen molar-refractivity contribution in [2.45, 2.75) is 24.3 Å². The quantitative estimate of drug-likeness (QED) is 0.869. The lowest BCUT2D eigenvalue weighted by atomic mass is 10.1. The van der Waals surface area contributed by atoms with Gasteiger partial charge in [-0.3, -0.25) is 4.79 Å². The highest BCUT2D eigenvalue weighted by Gasteiger charge is 2.24. The van der Waals surface area contributed by atoms with Gasteiger partial charge in [0.15, 0.2) is 0 Å². The average molecular weight is 267 g/mol. The zero-order valence-electron chi connectivity index (χ0n) is 10.3. The van der Waals surface area contributed by atoms with Crippen LogP contribution in [-0.2, 0) is 4.79 Å². The maximum absolute atomic E-state index is 11.9. The largest absolute Gasteiger partial charge is 0.396 e. The molecular formula is C13H17NO3S. The van der Waals surface area contributed by atoms with Gasteiger partial charge in [-0.05, 0) is 31.0 Å². The van der Waals surface area contributed by atoms with Gasteiger partial charge in [-0.15, -0.1) is 11.8 Å². The summed E-state index contributed by atoms with van der Waals surface area (Å²) in [6, 6.07) is 5.69. The molecule has 0 spiro atoms. The number of benzene rings is 1. The standard InChI is InChI=1S/C13H17NO3S/c1-9(16)10-3-4-12-11(7-10)14(5-2-6-15)13(17)8-18-12/h3-4,7,9,15-16H,2,5-6,8H2,1H3. The Hall–Kier alpha value is -1.04. The van der Waals surface area contributed by atoms with E-state index in [0.29, 0.717) is 18.7 Å². The highest BCUT2D eigenvalue weighted by atomic mass is 32.2. The molecule has 1 aromatic carbocycles. The van der Waals surface area contributed by atoms with E-state index < -0.39 is 6.10 Å². The second kappa shape index (κ2) is 5.73. The van der Waals surface area contributed by atoms with Gasteiger partial charge in [-0.25, -0.2) is 0 Å². The van der Waals surface area contributed by atoms with Crippen LogP contribution in [0.25, 0.3) is 0 Å². The van der Waals surface area contributed by atoms with Crippen LogP contribution < -0.4 is 4.90 Å². The van der Waals surface area contributed by atoms with E-state index in [9.17, 15) is 9.90 Å². The molecule has 5 heteroatoms. The van der Waals surface area contributed by atoms with Gasteiger partial charge in [-0.1, -0.05) is 6.07 Å². The van der Waals surface area contributed by atoms with E-state index in [1.54, 1.807) is 11.8 Å². The van der Waals surface area contributed by atoms with Gasteiger partial charge in [0.2, 0.25) is 5.91 Å². The number of aliphatic hydroxyl groups excluding tert-OH is 2. The lowest BCUT2D eigenvalue weighted by molar-refractivity contribution is -0.116. The minimum atomic E-state index is -0.544. The first kappa shape index (κ1) is 13.4. The van der Waals surface area contributed by atoms with Gasteiger partial charge >= 0.3 is 0 Å². The normalized spacial score (nSPS) is 16.6. The average Bonchev–Trinajstić information content (AvgIpc) is 2.37. The molecule has 1 heterocycles. The first-order chi connectivity index (χ1) is 8.63. The Bertz CT molecular complexity index is 448. The van der Waals surface area contributed by atoms with Crippen LogP contribution in [0, 0.1) is 0 Å². The fourth-order valence-corrected chi connectivity index (χ4v) is 2.87. The number of amides is 1. The summed E-state index contributed by atoms with van der Waals surface area (Å²) in [6.07, 6.45) is 0.0198. The van der Waals surface area contributed by atoms with Crippen molar-refractivity contribution in [3.63, 3.8) is 0 Å². The van der Waals surface area contributed by atoms with Gasteiger partial charge in [0.25, 0.3) is 0 Å². The number of nitrogens with zero attached hydrogens (tertiary/aromatic N) is 1. The number of rotatable bonds is 4. The topological polar surface area (TPSA) is 60.8 Å². The van der Waals surface area contributed by atoms with E-state index in [2.05, 4.69) is 0 Å². The molecule has 0 radical (unpaired) electrons. The van der Waals surface area contributed by atoms with Gasteiger partial charge in [0, 0.05) is 18.0 Å². The van der Waals surface area contributed by atoms with Crippen molar-refractivity contribution in [3.8, 4) is 0 Å². The van der Waals surface area contributed by atoms with Gasteiger partial charge < -0.3 is 15.1 Å². The third kappa shape index (κ3) is 2.68. The Morgan fingerprint density at radius 3 is 2.94 bits per heavy atom. The molecule has 4 nitrogen and oxygen atoms in total. The van der Waals surface area contributed by atoms with Crippen molar-refractivity contribution in [3.05, 3.63) is 23.8 Å². The molecule has 0 aromatic heterocycles. The zero-order chi connectivity index (χ0) is 13.1. The number of anilines is 1. The van der Waals surface area contributed by atoms with E-state index in [-0.39, 0.29) is 12.5 Å². The van der Waals surface area contributed by atoms with E-state index in [4.69, 9.17) is 5.11 Å². The molecule has 1 aliphatic heterocycles. The Morgan fingerprint density at radius 1 is 1.50 bits per heavy atom. The maximum atomic E-state index is 11.9. The van der Waals surface area contributed by atoms with Crippen molar-refractivity contribution in [1.82, 2.24) is 0 Å². The minimum Gasteiger partial charge on any atom is -0.396 e. The lowest BCUT2D eigenvalue weighted by Crippen LogP contribution is -2.36. The summed E-state index contributed by atoms with van der Waals surface area (Å²) in [7, 11) is 0. The fourth-order valence-electron chi connectivity index (χ4n) is 1.95. The summed E-state index contributed by atoms with van der Waals surface area (Å²) in [5, 5.41) is 18.5. The maximum Gasteiger partial charge on any atom is 0.237 e. The van der Waals surface area contributed by atoms with E-state index in [1.807, 2.05) is 18.2 Å². The molecule has 1 amide bonds. The predicted octanol–water partition coefficient (Wildman–Crippen LogP) is 1.56. The summed E-state index contributed by atoms with van der Waals surface area (Å²) in [5.41, 5.74) is 1.65. The number of aliphatic hydroxyl groups is 2. The third-order valence-electron chi connectivity index (χ3n) is 2.95. The van der Waals surface area contributed by atoms with Crippen molar-refractivity contribution in [2.24, 2.45) is 0 Å². The molecule has 1 atom stereocenters. The van der Waals surface area contributed by atoms with Crippen molar-refractivity contribution < 1.29 is 15.0 Å². The first-order valence-electron chi connectivity index (χ1n) is 5.99. The second-order valence-electron chi connectivity index (χ2n) is 4.31. The summed E-state index contributed by atoms with van der Waals surface area (Å²) >= 11 is 1.52. The molecule has 98 valence electrons. The zero-order valence-corrected chi connectivity index (χ0v) is 11.1. The van der Waals surface area contributed by atoms with Crippen LogP contribution in [0.3, 0.4) is 0 Å². The Morgan fingerprint density at radius 2 is 2.28 bits per heavy atom. The van der Waals surface area contributed by atoms with Crippen molar-refractivity contribution in [2.75, 3.05) is 23.8 Å². The Balaban J connectivity index is 2.33.